The number of rotatable bonds is 2. The molecule has 218 valence electrons. The Bertz CT molecular complexity index is 1300. The molecule has 0 radical (unpaired) electrons. The van der Waals surface area contributed by atoms with E-state index in [1.807, 2.05) is 0 Å². The van der Waals surface area contributed by atoms with E-state index < -0.39 is 75.7 Å². The SMILES string of the molecule is CC1=C2[C@]3(O)C(=O)OC(C)(C)[C@@]2(C[C@@H]1O)[C@@H](O)[C@@H]1[C@]2(COC(C)(C)O2)[C@@H](OC(=O)c2ccccc2)C[C@H](O)[C@]13C. The van der Waals surface area contributed by atoms with Crippen LogP contribution in [0.25, 0.3) is 0 Å². The number of hydrogen-bond acceptors (Lipinski definition) is 10. The molecule has 6 rings (SSSR count). The maximum atomic E-state index is 13.9. The van der Waals surface area contributed by atoms with Crippen LogP contribution in [0.15, 0.2) is 41.5 Å². The van der Waals surface area contributed by atoms with Crippen molar-refractivity contribution < 1.29 is 49.0 Å². The lowest BCUT2D eigenvalue weighted by molar-refractivity contribution is -0.343. The van der Waals surface area contributed by atoms with E-state index in [9.17, 15) is 30.0 Å². The zero-order chi connectivity index (χ0) is 29.3. The molecule has 4 N–H and O–H groups in total. The van der Waals surface area contributed by atoms with Gasteiger partial charge in [0, 0.05) is 17.8 Å². The first-order valence-corrected chi connectivity index (χ1v) is 13.8. The van der Waals surface area contributed by atoms with Crippen molar-refractivity contribution in [2.75, 3.05) is 6.61 Å². The molecule has 2 bridgehead atoms. The first kappa shape index (κ1) is 27.8. The average molecular weight is 559 g/mol. The fourth-order valence-corrected chi connectivity index (χ4v) is 8.79. The van der Waals surface area contributed by atoms with Crippen LogP contribution < -0.4 is 0 Å². The van der Waals surface area contributed by atoms with E-state index in [2.05, 4.69) is 0 Å². The van der Waals surface area contributed by atoms with E-state index in [-0.39, 0.29) is 25.0 Å². The second-order valence-corrected chi connectivity index (χ2v) is 13.3. The summed E-state index contributed by atoms with van der Waals surface area (Å²) in [6.07, 6.45) is -5.26. The molecule has 9 atom stereocenters. The molecule has 2 heterocycles. The lowest BCUT2D eigenvalue weighted by atomic mass is 9.38. The lowest BCUT2D eigenvalue weighted by Crippen LogP contribution is -2.85. The Morgan fingerprint density at radius 2 is 1.70 bits per heavy atom. The minimum absolute atomic E-state index is 0.0185. The van der Waals surface area contributed by atoms with Crippen molar-refractivity contribution in [1.29, 1.82) is 0 Å². The third kappa shape index (κ3) is 3.04. The molecule has 5 aliphatic rings. The van der Waals surface area contributed by atoms with E-state index in [1.54, 1.807) is 65.0 Å². The van der Waals surface area contributed by atoms with Gasteiger partial charge in [-0.2, -0.15) is 0 Å². The summed E-state index contributed by atoms with van der Waals surface area (Å²) in [5, 5.41) is 48.1. The summed E-state index contributed by atoms with van der Waals surface area (Å²) in [6.45, 7) is 9.70. The van der Waals surface area contributed by atoms with Crippen LogP contribution in [-0.2, 0) is 23.7 Å². The molecule has 0 unspecified atom stereocenters. The second kappa shape index (κ2) is 8.14. The summed E-state index contributed by atoms with van der Waals surface area (Å²) in [4.78, 5) is 27.2. The summed E-state index contributed by atoms with van der Waals surface area (Å²) < 4.78 is 24.5. The summed E-state index contributed by atoms with van der Waals surface area (Å²) >= 11 is 0. The molecule has 1 spiro atoms. The Morgan fingerprint density at radius 3 is 2.30 bits per heavy atom. The second-order valence-electron chi connectivity index (χ2n) is 13.3. The molecular weight excluding hydrogens is 520 g/mol. The first-order chi connectivity index (χ1) is 18.5. The monoisotopic (exact) mass is 558 g/mol. The third-order valence-corrected chi connectivity index (χ3v) is 10.7. The summed E-state index contributed by atoms with van der Waals surface area (Å²) in [7, 11) is 0. The number of aliphatic hydroxyl groups is 4. The van der Waals surface area contributed by atoms with Gasteiger partial charge in [-0.1, -0.05) is 25.1 Å². The van der Waals surface area contributed by atoms with Crippen LogP contribution in [-0.4, -0.2) is 86.0 Å². The van der Waals surface area contributed by atoms with Crippen molar-refractivity contribution in [3.05, 3.63) is 47.0 Å². The summed E-state index contributed by atoms with van der Waals surface area (Å²) in [5.41, 5.74) is -7.67. The minimum Gasteiger partial charge on any atom is -0.456 e. The molecule has 1 aromatic rings. The molecular formula is C30H38O10. The van der Waals surface area contributed by atoms with E-state index in [0.717, 1.165) is 0 Å². The van der Waals surface area contributed by atoms with E-state index in [0.29, 0.717) is 11.1 Å². The minimum atomic E-state index is -2.41. The first-order valence-electron chi connectivity index (χ1n) is 13.8. The number of esters is 2. The van der Waals surface area contributed by atoms with Gasteiger partial charge in [0.05, 0.1) is 35.9 Å². The van der Waals surface area contributed by atoms with Crippen molar-refractivity contribution >= 4 is 11.9 Å². The number of carbonyl (C=O) groups is 2. The van der Waals surface area contributed by atoms with Gasteiger partial charge in [0.15, 0.2) is 11.4 Å². The number of carbonyl (C=O) groups excluding carboxylic acids is 2. The summed E-state index contributed by atoms with van der Waals surface area (Å²) in [5.74, 6) is -3.97. The van der Waals surface area contributed by atoms with Gasteiger partial charge in [-0.25, -0.2) is 9.59 Å². The van der Waals surface area contributed by atoms with Gasteiger partial charge in [-0.3, -0.25) is 0 Å². The molecule has 10 nitrogen and oxygen atoms in total. The molecule has 3 aliphatic carbocycles. The van der Waals surface area contributed by atoms with Crippen LogP contribution in [0.4, 0.5) is 0 Å². The van der Waals surface area contributed by atoms with Gasteiger partial charge in [0.2, 0.25) is 0 Å². The summed E-state index contributed by atoms with van der Waals surface area (Å²) in [6, 6.07) is 8.38. The van der Waals surface area contributed by atoms with Crippen LogP contribution in [0.2, 0.25) is 0 Å². The molecule has 40 heavy (non-hydrogen) atoms. The Labute approximate surface area is 232 Å². The zero-order valence-electron chi connectivity index (χ0n) is 23.6. The Balaban J connectivity index is 1.59. The number of ether oxygens (including phenoxy) is 4. The van der Waals surface area contributed by atoms with Crippen LogP contribution in [0.3, 0.4) is 0 Å². The van der Waals surface area contributed by atoms with Gasteiger partial charge >= 0.3 is 11.9 Å². The molecule has 10 heteroatoms. The highest BCUT2D eigenvalue weighted by atomic mass is 16.8. The molecule has 1 aromatic carbocycles. The normalized spacial score (nSPS) is 46.5. The number of aliphatic hydroxyl groups excluding tert-OH is 3. The van der Waals surface area contributed by atoms with Crippen LogP contribution in [0.5, 0.6) is 0 Å². The van der Waals surface area contributed by atoms with Gasteiger partial charge < -0.3 is 39.4 Å². The molecule has 2 saturated carbocycles. The number of fused-ring (bicyclic) bond motifs is 3. The van der Waals surface area contributed by atoms with Crippen molar-refractivity contribution in [1.82, 2.24) is 0 Å². The quantitative estimate of drug-likeness (QED) is 0.311. The molecule has 0 aromatic heterocycles. The van der Waals surface area contributed by atoms with Crippen molar-refractivity contribution in [3.63, 3.8) is 0 Å². The van der Waals surface area contributed by atoms with Gasteiger partial charge in [-0.05, 0) is 64.3 Å². The van der Waals surface area contributed by atoms with Crippen LogP contribution in [0, 0.1) is 16.7 Å². The molecule has 0 amide bonds. The zero-order valence-corrected chi connectivity index (χ0v) is 23.6. The van der Waals surface area contributed by atoms with Crippen LogP contribution >= 0.6 is 0 Å². The van der Waals surface area contributed by atoms with Gasteiger partial charge in [0.1, 0.15) is 17.3 Å². The molecule has 2 saturated heterocycles. The lowest BCUT2D eigenvalue weighted by Gasteiger charge is -2.71. The molecule has 4 fully saturated rings. The highest BCUT2D eigenvalue weighted by Gasteiger charge is 2.86. The topological polar surface area (TPSA) is 152 Å². The predicted molar refractivity (Wildman–Crippen MR) is 139 cm³/mol. The number of cyclic esters (lactones) is 1. The van der Waals surface area contributed by atoms with E-state index in [4.69, 9.17) is 18.9 Å². The van der Waals surface area contributed by atoms with E-state index in [1.165, 1.54) is 6.92 Å². The van der Waals surface area contributed by atoms with Crippen molar-refractivity contribution in [2.45, 2.75) is 101 Å². The van der Waals surface area contributed by atoms with E-state index >= 15 is 0 Å². The maximum Gasteiger partial charge on any atom is 0.343 e. The van der Waals surface area contributed by atoms with Crippen LogP contribution in [0.1, 0.15) is 64.7 Å². The number of benzene rings is 1. The number of hydrogen-bond donors (Lipinski definition) is 4. The van der Waals surface area contributed by atoms with Crippen molar-refractivity contribution in [3.8, 4) is 0 Å². The Morgan fingerprint density at radius 1 is 1.05 bits per heavy atom. The third-order valence-electron chi connectivity index (χ3n) is 10.7. The highest BCUT2D eigenvalue weighted by Crippen LogP contribution is 2.74. The van der Waals surface area contributed by atoms with Gasteiger partial charge in [0.25, 0.3) is 0 Å². The Kier molecular flexibility index (Phi) is 5.66. The fraction of sp³-hybridized carbons (Fsp3) is 0.667. The van der Waals surface area contributed by atoms with Crippen molar-refractivity contribution in [2.24, 2.45) is 16.7 Å². The maximum absolute atomic E-state index is 13.9. The average Bonchev–Trinajstić information content (AvgIpc) is 3.35. The van der Waals surface area contributed by atoms with Gasteiger partial charge in [-0.15, -0.1) is 0 Å². The molecule has 2 aliphatic heterocycles. The predicted octanol–water partition coefficient (Wildman–Crippen LogP) is 1.63. The highest BCUT2D eigenvalue weighted by molar-refractivity contribution is 5.90. The largest absolute Gasteiger partial charge is 0.456 e. The smallest absolute Gasteiger partial charge is 0.343 e. The Hall–Kier alpha value is -2.34. The standard InChI is InChI=1S/C30H38O10/c1-15-17(31)13-28-20(15)30(36,24(35)39-25(28,2)3)27(6)18(32)12-19(38-23(34)16-10-8-7-9-11-16)29(21(27)22(28)33)14-37-26(4,5)40-29/h7-11,17-19,21-22,31-33,36H,12-14H2,1-6H3/t17-,18-,19-,21-,22-,27+,28+,29-,30-/m0/s1. The fourth-order valence-electron chi connectivity index (χ4n) is 8.79.